The maximum absolute atomic E-state index is 12.8. The van der Waals surface area contributed by atoms with E-state index in [0.717, 1.165) is 35.5 Å². The standard InChI is InChI=1S/C23H29N5O4S.C2HF3O2/c1-6-9-28-19(11-17(4)25-28)14-27(5)22-21(23(29)30)12-18(13-24-22)26-33(31,32)20-8-7-15(2)16(3)10-20;3-2(4,5)1(6)7/h7-8,10-13,26H,6,9,14H2,1-5H3,(H,29,30);(H,6,7). The molecule has 0 bridgehead atoms. The summed E-state index contributed by atoms with van der Waals surface area (Å²) < 4.78 is 61.7. The Hall–Kier alpha value is -4.14. The first kappa shape index (κ1) is 32.1. The molecule has 0 unspecified atom stereocenters. The second kappa shape index (κ2) is 12.8. The molecule has 2 heterocycles. The molecule has 11 nitrogen and oxygen atoms in total. The molecule has 3 aromatic rings. The minimum absolute atomic E-state index is 0.0784. The molecule has 0 atom stereocenters. The first-order valence-corrected chi connectivity index (χ1v) is 13.3. The summed E-state index contributed by atoms with van der Waals surface area (Å²) in [6, 6.07) is 8.06. The summed E-state index contributed by atoms with van der Waals surface area (Å²) in [5.41, 5.74) is 3.62. The predicted octanol–water partition coefficient (Wildman–Crippen LogP) is 4.38. The van der Waals surface area contributed by atoms with E-state index in [1.807, 2.05) is 31.5 Å². The molecule has 0 aliphatic rings. The van der Waals surface area contributed by atoms with Gasteiger partial charge in [0.2, 0.25) is 0 Å². The van der Waals surface area contributed by atoms with Gasteiger partial charge in [-0.1, -0.05) is 13.0 Å². The van der Waals surface area contributed by atoms with Crippen LogP contribution < -0.4 is 9.62 Å². The Morgan fingerprint density at radius 3 is 2.23 bits per heavy atom. The number of hydrogen-bond donors (Lipinski definition) is 3. The third-order valence-corrected chi connectivity index (χ3v) is 6.94. The number of aliphatic carboxylic acids is 1. The van der Waals surface area contributed by atoms with E-state index < -0.39 is 28.1 Å². The maximum Gasteiger partial charge on any atom is 0.490 e. The first-order chi connectivity index (χ1) is 18.5. The van der Waals surface area contributed by atoms with Gasteiger partial charge in [0.25, 0.3) is 10.0 Å². The van der Waals surface area contributed by atoms with Crippen LogP contribution in [0.15, 0.2) is 41.4 Å². The summed E-state index contributed by atoms with van der Waals surface area (Å²) in [4.78, 5) is 26.9. The summed E-state index contributed by atoms with van der Waals surface area (Å²) in [5, 5.41) is 21.4. The van der Waals surface area contributed by atoms with Gasteiger partial charge in [0.15, 0.2) is 0 Å². The topological polar surface area (TPSA) is 155 Å². The van der Waals surface area contributed by atoms with E-state index in [1.54, 1.807) is 24.1 Å². The number of sulfonamides is 1. The SMILES string of the molecule is CCCn1nc(C)cc1CN(C)c1ncc(NS(=O)(=O)c2ccc(C)c(C)c2)cc1C(=O)O.O=C(O)C(F)(F)F. The summed E-state index contributed by atoms with van der Waals surface area (Å²) in [6.07, 6.45) is -2.84. The highest BCUT2D eigenvalue weighted by atomic mass is 32.2. The Bertz CT molecular complexity index is 1490. The van der Waals surface area contributed by atoms with Crippen molar-refractivity contribution in [2.24, 2.45) is 0 Å². The number of benzene rings is 1. The molecule has 218 valence electrons. The summed E-state index contributed by atoms with van der Waals surface area (Å²) in [5.74, 6) is -3.72. The van der Waals surface area contributed by atoms with Crippen molar-refractivity contribution < 1.29 is 41.4 Å². The number of carbonyl (C=O) groups is 2. The monoisotopic (exact) mass is 585 g/mol. The highest BCUT2D eigenvalue weighted by Crippen LogP contribution is 2.25. The Kier molecular flexibility index (Phi) is 10.3. The number of pyridine rings is 1. The number of anilines is 2. The average molecular weight is 586 g/mol. The fraction of sp³-hybridized carbons (Fsp3) is 0.360. The van der Waals surface area contributed by atoms with Gasteiger partial charge in [-0.15, -0.1) is 0 Å². The molecular weight excluding hydrogens is 555 g/mol. The third kappa shape index (κ3) is 8.43. The lowest BCUT2D eigenvalue weighted by molar-refractivity contribution is -0.192. The van der Waals surface area contributed by atoms with Crippen LogP contribution in [0.25, 0.3) is 0 Å². The number of aromatic carboxylic acids is 1. The second-order valence-electron chi connectivity index (χ2n) is 8.91. The Balaban J connectivity index is 0.000000708. The molecule has 0 radical (unpaired) electrons. The van der Waals surface area contributed by atoms with Gasteiger partial charge in [-0.3, -0.25) is 9.40 Å². The molecule has 0 saturated heterocycles. The molecular formula is C25H30F3N5O6S. The minimum atomic E-state index is -5.08. The first-order valence-electron chi connectivity index (χ1n) is 11.8. The van der Waals surface area contributed by atoms with Gasteiger partial charge in [0.1, 0.15) is 11.4 Å². The van der Waals surface area contributed by atoms with Crippen molar-refractivity contribution in [1.82, 2.24) is 14.8 Å². The molecule has 0 spiro atoms. The van der Waals surface area contributed by atoms with Gasteiger partial charge in [0, 0.05) is 13.6 Å². The predicted molar refractivity (Wildman–Crippen MR) is 141 cm³/mol. The van der Waals surface area contributed by atoms with E-state index in [9.17, 15) is 31.5 Å². The smallest absolute Gasteiger partial charge is 0.478 e. The van der Waals surface area contributed by atoms with Crippen LogP contribution in [0.2, 0.25) is 0 Å². The van der Waals surface area contributed by atoms with E-state index >= 15 is 0 Å². The van der Waals surface area contributed by atoms with Crippen LogP contribution in [0.1, 0.15) is 46.2 Å². The van der Waals surface area contributed by atoms with Crippen LogP contribution in [0.3, 0.4) is 0 Å². The van der Waals surface area contributed by atoms with Crippen molar-refractivity contribution in [3.63, 3.8) is 0 Å². The minimum Gasteiger partial charge on any atom is -0.478 e. The lowest BCUT2D eigenvalue weighted by atomic mass is 10.1. The lowest BCUT2D eigenvalue weighted by Gasteiger charge is -2.21. The quantitative estimate of drug-likeness (QED) is 0.332. The highest BCUT2D eigenvalue weighted by molar-refractivity contribution is 7.92. The number of carboxylic acid groups (broad SMARTS) is 2. The number of alkyl halides is 3. The molecule has 0 amide bonds. The van der Waals surface area contributed by atoms with E-state index in [0.29, 0.717) is 6.54 Å². The Morgan fingerprint density at radius 2 is 1.70 bits per heavy atom. The normalized spacial score (nSPS) is 11.4. The fourth-order valence-corrected chi connectivity index (χ4v) is 4.64. The van der Waals surface area contributed by atoms with Gasteiger partial charge >= 0.3 is 18.1 Å². The molecule has 0 saturated carbocycles. The fourth-order valence-electron chi connectivity index (χ4n) is 3.52. The molecule has 0 fully saturated rings. The molecule has 0 aliphatic carbocycles. The second-order valence-corrected chi connectivity index (χ2v) is 10.6. The zero-order valence-corrected chi connectivity index (χ0v) is 23.3. The summed E-state index contributed by atoms with van der Waals surface area (Å²) >= 11 is 0. The van der Waals surface area contributed by atoms with E-state index in [-0.39, 0.29) is 22.0 Å². The number of rotatable bonds is 9. The van der Waals surface area contributed by atoms with E-state index in [1.165, 1.54) is 18.3 Å². The maximum atomic E-state index is 12.8. The number of nitrogens with one attached hydrogen (secondary N) is 1. The van der Waals surface area contributed by atoms with Gasteiger partial charge in [-0.05, 0) is 62.6 Å². The van der Waals surface area contributed by atoms with Crippen LogP contribution in [-0.2, 0) is 27.9 Å². The van der Waals surface area contributed by atoms with Crippen LogP contribution in [0, 0.1) is 20.8 Å². The average Bonchev–Trinajstić information content (AvgIpc) is 3.18. The third-order valence-electron chi connectivity index (χ3n) is 5.56. The van der Waals surface area contributed by atoms with Crippen LogP contribution >= 0.6 is 0 Å². The lowest BCUT2D eigenvalue weighted by Crippen LogP contribution is -2.23. The summed E-state index contributed by atoms with van der Waals surface area (Å²) in [6.45, 7) is 8.86. The van der Waals surface area contributed by atoms with Crippen molar-refractivity contribution >= 4 is 33.5 Å². The van der Waals surface area contributed by atoms with Crippen LogP contribution in [-0.4, -0.2) is 58.6 Å². The molecule has 0 aliphatic heterocycles. The number of aromatic nitrogens is 3. The van der Waals surface area contributed by atoms with Crippen molar-refractivity contribution in [1.29, 1.82) is 0 Å². The van der Waals surface area contributed by atoms with Crippen molar-refractivity contribution in [3.05, 3.63) is 64.6 Å². The zero-order chi connectivity index (χ0) is 30.4. The van der Waals surface area contributed by atoms with Gasteiger partial charge in [-0.25, -0.2) is 23.0 Å². The highest BCUT2D eigenvalue weighted by Gasteiger charge is 2.38. The van der Waals surface area contributed by atoms with E-state index in [4.69, 9.17) is 9.90 Å². The summed E-state index contributed by atoms with van der Waals surface area (Å²) in [7, 11) is -2.15. The van der Waals surface area contributed by atoms with Crippen LogP contribution in [0.5, 0.6) is 0 Å². The molecule has 40 heavy (non-hydrogen) atoms. The molecule has 3 rings (SSSR count). The van der Waals surface area contributed by atoms with Gasteiger partial charge in [0.05, 0.1) is 34.7 Å². The Morgan fingerprint density at radius 1 is 1.07 bits per heavy atom. The van der Waals surface area contributed by atoms with Gasteiger partial charge in [-0.2, -0.15) is 18.3 Å². The number of hydrogen-bond acceptors (Lipinski definition) is 7. The number of aryl methyl sites for hydroxylation is 4. The molecule has 15 heteroatoms. The van der Waals surface area contributed by atoms with Crippen molar-refractivity contribution in [3.8, 4) is 0 Å². The zero-order valence-electron chi connectivity index (χ0n) is 22.4. The van der Waals surface area contributed by atoms with Crippen LogP contribution in [0.4, 0.5) is 24.7 Å². The van der Waals surface area contributed by atoms with Crippen molar-refractivity contribution in [2.45, 2.75) is 58.3 Å². The van der Waals surface area contributed by atoms with E-state index in [2.05, 4.69) is 21.7 Å². The largest absolute Gasteiger partial charge is 0.490 e. The van der Waals surface area contributed by atoms with Gasteiger partial charge < -0.3 is 15.1 Å². The van der Waals surface area contributed by atoms with Crippen molar-refractivity contribution in [2.75, 3.05) is 16.7 Å². The molecule has 3 N–H and O–H groups in total. The number of halogens is 3. The number of carboxylic acids is 2. The molecule has 2 aromatic heterocycles. The number of nitrogens with zero attached hydrogens (tertiary/aromatic N) is 4. The Labute approximate surface area is 229 Å². The molecule has 1 aromatic carbocycles.